The zero-order chi connectivity index (χ0) is 16.9. The highest BCUT2D eigenvalue weighted by Crippen LogP contribution is 2.32. The van der Waals surface area contributed by atoms with Crippen molar-refractivity contribution < 1.29 is 19.4 Å². The molecule has 1 unspecified atom stereocenters. The molecule has 0 bridgehead atoms. The number of hydrogen-bond donors (Lipinski definition) is 1. The average molecular weight is 343 g/mol. The quantitative estimate of drug-likeness (QED) is 0.652. The van der Waals surface area contributed by atoms with Gasteiger partial charge in [-0.3, -0.25) is 9.79 Å². The number of nitriles is 1. The van der Waals surface area contributed by atoms with E-state index in [1.807, 2.05) is 0 Å². The maximum absolute atomic E-state index is 11.6. The van der Waals surface area contributed by atoms with Gasteiger partial charge < -0.3 is 9.84 Å². The summed E-state index contributed by atoms with van der Waals surface area (Å²) in [5.41, 5.74) is -0.177. The Morgan fingerprint density at radius 1 is 1.41 bits per heavy atom. The van der Waals surface area contributed by atoms with Crippen molar-refractivity contribution in [2.75, 3.05) is 0 Å². The number of carbonyl (C=O) groups is 2. The Balaban J connectivity index is 3.10. The van der Waals surface area contributed by atoms with Crippen LogP contribution in [0.1, 0.15) is 24.2 Å². The molecule has 0 aliphatic rings. The molecular weight excluding hydrogens is 331 g/mol. The lowest BCUT2D eigenvalue weighted by Crippen LogP contribution is -2.20. The predicted molar refractivity (Wildman–Crippen MR) is 81.9 cm³/mol. The third kappa shape index (κ3) is 4.72. The normalized spacial score (nSPS) is 12.2. The molecule has 22 heavy (non-hydrogen) atoms. The van der Waals surface area contributed by atoms with E-state index in [-0.39, 0.29) is 27.4 Å². The van der Waals surface area contributed by atoms with Gasteiger partial charge in [-0.15, -0.1) is 0 Å². The van der Waals surface area contributed by atoms with Crippen LogP contribution in [0.25, 0.3) is 0 Å². The minimum Gasteiger partial charge on any atom is -0.478 e. The van der Waals surface area contributed by atoms with Crippen LogP contribution in [0.2, 0.25) is 10.0 Å². The van der Waals surface area contributed by atoms with E-state index in [9.17, 15) is 9.59 Å². The molecular formula is C14H12Cl2N2O4. The average Bonchev–Trinajstić information content (AvgIpc) is 2.41. The molecule has 116 valence electrons. The van der Waals surface area contributed by atoms with E-state index in [1.54, 1.807) is 19.9 Å². The Hall–Kier alpha value is -2.10. The third-order valence-corrected chi connectivity index (χ3v) is 2.97. The van der Waals surface area contributed by atoms with Crippen LogP contribution in [-0.4, -0.2) is 29.4 Å². The minimum absolute atomic E-state index is 0.0455. The van der Waals surface area contributed by atoms with Crippen molar-refractivity contribution in [3.05, 3.63) is 27.7 Å². The van der Waals surface area contributed by atoms with Crippen LogP contribution in [0, 0.1) is 17.2 Å². The maximum Gasteiger partial charge on any atom is 0.337 e. The number of aliphatic imine (C=N–C) groups is 1. The largest absolute Gasteiger partial charge is 0.478 e. The van der Waals surface area contributed by atoms with Gasteiger partial charge in [-0.05, 0) is 26.0 Å². The Morgan fingerprint density at radius 2 is 2.05 bits per heavy atom. The molecule has 0 radical (unpaired) electrons. The molecule has 1 N–H and O–H groups in total. The fraction of sp³-hybridized carbons (Fsp3) is 0.286. The lowest BCUT2D eigenvalue weighted by molar-refractivity contribution is -0.148. The molecule has 0 amide bonds. The molecule has 0 saturated heterocycles. The number of carbonyl (C=O) groups excluding carboxylic acids is 1. The van der Waals surface area contributed by atoms with Crippen molar-refractivity contribution >= 4 is 47.0 Å². The van der Waals surface area contributed by atoms with Gasteiger partial charge >= 0.3 is 11.9 Å². The number of nitrogens with zero attached hydrogens (tertiary/aromatic N) is 2. The number of carboxylic acids is 1. The van der Waals surface area contributed by atoms with Crippen LogP contribution in [0.4, 0.5) is 5.69 Å². The van der Waals surface area contributed by atoms with Gasteiger partial charge in [-0.2, -0.15) is 5.26 Å². The Labute approximate surface area is 136 Å². The van der Waals surface area contributed by atoms with Gasteiger partial charge in [0.05, 0.1) is 28.4 Å². The van der Waals surface area contributed by atoms with Crippen molar-refractivity contribution in [1.82, 2.24) is 0 Å². The molecule has 1 aromatic rings. The minimum atomic E-state index is -1.26. The fourth-order valence-corrected chi connectivity index (χ4v) is 1.88. The molecule has 1 rings (SSSR count). The first-order valence-electron chi connectivity index (χ1n) is 6.13. The first-order valence-corrected chi connectivity index (χ1v) is 6.88. The smallest absolute Gasteiger partial charge is 0.337 e. The summed E-state index contributed by atoms with van der Waals surface area (Å²) in [6, 6.07) is 4.24. The molecule has 0 spiro atoms. The summed E-state index contributed by atoms with van der Waals surface area (Å²) in [6.07, 6.45) is 0.665. The summed E-state index contributed by atoms with van der Waals surface area (Å²) >= 11 is 11.7. The van der Waals surface area contributed by atoms with E-state index in [4.69, 9.17) is 38.3 Å². The molecule has 0 aliphatic heterocycles. The number of esters is 1. The first kappa shape index (κ1) is 18.0. The molecule has 6 nitrogen and oxygen atoms in total. The maximum atomic E-state index is 11.6. The summed E-state index contributed by atoms with van der Waals surface area (Å²) in [6.45, 7) is 3.30. The molecule has 0 fully saturated rings. The fourth-order valence-electron chi connectivity index (χ4n) is 1.43. The van der Waals surface area contributed by atoms with Gasteiger partial charge in [0.25, 0.3) is 0 Å². The van der Waals surface area contributed by atoms with Crippen LogP contribution in [-0.2, 0) is 9.53 Å². The van der Waals surface area contributed by atoms with Crippen molar-refractivity contribution in [2.45, 2.75) is 20.0 Å². The Kier molecular flexibility index (Phi) is 6.35. The second-order valence-electron chi connectivity index (χ2n) is 4.46. The Morgan fingerprint density at radius 3 is 2.55 bits per heavy atom. The zero-order valence-electron chi connectivity index (χ0n) is 11.7. The summed E-state index contributed by atoms with van der Waals surface area (Å²) in [5, 5.41) is 17.9. The molecule has 1 atom stereocenters. The topological polar surface area (TPSA) is 99.8 Å². The van der Waals surface area contributed by atoms with Gasteiger partial charge in [-0.25, -0.2) is 4.79 Å². The monoisotopic (exact) mass is 342 g/mol. The molecule has 0 aromatic heterocycles. The van der Waals surface area contributed by atoms with E-state index in [0.717, 1.165) is 6.21 Å². The molecule has 1 aromatic carbocycles. The van der Waals surface area contributed by atoms with Crippen LogP contribution >= 0.6 is 23.2 Å². The number of hydrogen-bond acceptors (Lipinski definition) is 5. The zero-order valence-corrected chi connectivity index (χ0v) is 13.2. The summed E-state index contributed by atoms with van der Waals surface area (Å²) in [5.74, 6) is -3.25. The third-order valence-electron chi connectivity index (χ3n) is 2.36. The second-order valence-corrected chi connectivity index (χ2v) is 5.28. The van der Waals surface area contributed by atoms with Crippen molar-refractivity contribution in [3.63, 3.8) is 0 Å². The van der Waals surface area contributed by atoms with Crippen molar-refractivity contribution in [2.24, 2.45) is 10.9 Å². The van der Waals surface area contributed by atoms with Crippen molar-refractivity contribution in [1.29, 1.82) is 5.26 Å². The highest BCUT2D eigenvalue weighted by atomic mass is 35.5. The van der Waals surface area contributed by atoms with Gasteiger partial charge in [0.15, 0.2) is 5.92 Å². The number of benzene rings is 1. The van der Waals surface area contributed by atoms with Crippen LogP contribution in [0.5, 0.6) is 0 Å². The van der Waals surface area contributed by atoms with E-state index < -0.39 is 17.9 Å². The highest BCUT2D eigenvalue weighted by molar-refractivity contribution is 6.37. The molecule has 8 heteroatoms. The van der Waals surface area contributed by atoms with E-state index >= 15 is 0 Å². The van der Waals surface area contributed by atoms with Crippen LogP contribution in [0.3, 0.4) is 0 Å². The first-order chi connectivity index (χ1) is 10.3. The number of aromatic carboxylic acids is 1. The summed E-state index contributed by atoms with van der Waals surface area (Å²) < 4.78 is 4.90. The lowest BCUT2D eigenvalue weighted by atomic mass is 10.2. The summed E-state index contributed by atoms with van der Waals surface area (Å²) in [4.78, 5) is 26.6. The molecule has 0 heterocycles. The van der Waals surface area contributed by atoms with Crippen LogP contribution < -0.4 is 0 Å². The molecule has 0 aliphatic carbocycles. The van der Waals surface area contributed by atoms with Gasteiger partial charge in [0, 0.05) is 11.2 Å². The summed E-state index contributed by atoms with van der Waals surface area (Å²) in [7, 11) is 0. The van der Waals surface area contributed by atoms with E-state index in [2.05, 4.69) is 4.99 Å². The molecule has 0 saturated carbocycles. The van der Waals surface area contributed by atoms with E-state index in [0.29, 0.717) is 0 Å². The SMILES string of the molecule is CC(C)OC(=O)C(C#N)C=Nc1cc(Cl)cc(C(=O)O)c1Cl. The number of halogens is 2. The second kappa shape index (κ2) is 7.78. The van der Waals surface area contributed by atoms with Gasteiger partial charge in [0.2, 0.25) is 0 Å². The number of carboxylic acid groups (broad SMARTS) is 1. The van der Waals surface area contributed by atoms with E-state index in [1.165, 1.54) is 12.1 Å². The highest BCUT2D eigenvalue weighted by Gasteiger charge is 2.19. The number of ether oxygens (including phenoxy) is 1. The predicted octanol–water partition coefficient (Wildman–Crippen LogP) is 3.49. The lowest BCUT2D eigenvalue weighted by Gasteiger charge is -2.09. The number of rotatable bonds is 5. The van der Waals surface area contributed by atoms with Gasteiger partial charge in [0.1, 0.15) is 0 Å². The van der Waals surface area contributed by atoms with Crippen molar-refractivity contribution in [3.8, 4) is 6.07 Å². The standard InChI is InChI=1S/C14H12Cl2N2O4/c1-7(2)22-14(21)8(5-17)6-18-11-4-9(15)3-10(12(11)16)13(19)20/h3-4,6-8H,1-2H3,(H,19,20). The Bertz CT molecular complexity index is 666. The van der Waals surface area contributed by atoms with Crippen LogP contribution in [0.15, 0.2) is 17.1 Å². The van der Waals surface area contributed by atoms with Gasteiger partial charge in [-0.1, -0.05) is 23.2 Å².